The maximum Gasteiger partial charge on any atom is 0.330 e. The lowest BCUT2D eigenvalue weighted by atomic mass is 10.3. The summed E-state index contributed by atoms with van der Waals surface area (Å²) in [4.78, 5) is 10.6. The standard InChI is InChI=1S/C9H17IO2Si/c1-2-9(11)12-6-4-3-5-7-13-8-10/h2H,1,3-8,13H2. The summed E-state index contributed by atoms with van der Waals surface area (Å²) < 4.78 is 6.23. The van der Waals surface area contributed by atoms with E-state index >= 15 is 0 Å². The summed E-state index contributed by atoms with van der Waals surface area (Å²) in [6.45, 7) is 3.88. The molecule has 0 aliphatic carbocycles. The highest BCUT2D eigenvalue weighted by Gasteiger charge is 1.94. The molecular formula is C9H17IO2Si. The van der Waals surface area contributed by atoms with Crippen molar-refractivity contribution in [3.05, 3.63) is 12.7 Å². The Labute approximate surface area is 96.1 Å². The second-order valence-electron chi connectivity index (χ2n) is 2.83. The van der Waals surface area contributed by atoms with Gasteiger partial charge in [-0.15, -0.1) is 0 Å². The monoisotopic (exact) mass is 312 g/mol. The van der Waals surface area contributed by atoms with Gasteiger partial charge in [0.2, 0.25) is 0 Å². The number of carbonyl (C=O) groups excluding carboxylic acids is 1. The van der Waals surface area contributed by atoms with Crippen LogP contribution in [0.4, 0.5) is 0 Å². The van der Waals surface area contributed by atoms with Crippen molar-refractivity contribution in [2.75, 3.05) is 10.7 Å². The highest BCUT2D eigenvalue weighted by Crippen LogP contribution is 2.01. The van der Waals surface area contributed by atoms with Crippen molar-refractivity contribution in [2.45, 2.75) is 25.3 Å². The molecule has 0 aromatic carbocycles. The predicted molar refractivity (Wildman–Crippen MR) is 67.2 cm³/mol. The van der Waals surface area contributed by atoms with Crippen LogP contribution in [0.5, 0.6) is 0 Å². The van der Waals surface area contributed by atoms with Crippen LogP contribution in [0.2, 0.25) is 6.04 Å². The van der Waals surface area contributed by atoms with Gasteiger partial charge in [-0.1, -0.05) is 48.1 Å². The molecule has 0 aromatic heterocycles. The fraction of sp³-hybridized carbons (Fsp3) is 0.667. The number of ether oxygens (including phenoxy) is 1. The van der Waals surface area contributed by atoms with E-state index in [2.05, 4.69) is 29.2 Å². The molecule has 0 fully saturated rings. The molecule has 0 atom stereocenters. The Morgan fingerprint density at radius 1 is 1.46 bits per heavy atom. The largest absolute Gasteiger partial charge is 0.463 e. The van der Waals surface area contributed by atoms with Crippen LogP contribution in [0.15, 0.2) is 12.7 Å². The van der Waals surface area contributed by atoms with Gasteiger partial charge in [0.15, 0.2) is 0 Å². The highest BCUT2D eigenvalue weighted by atomic mass is 127. The van der Waals surface area contributed by atoms with Crippen molar-refractivity contribution in [3.63, 3.8) is 0 Å². The van der Waals surface area contributed by atoms with Gasteiger partial charge in [-0.25, -0.2) is 4.79 Å². The molecule has 0 saturated carbocycles. The molecule has 76 valence electrons. The maximum atomic E-state index is 10.6. The highest BCUT2D eigenvalue weighted by molar-refractivity contribution is 14.1. The van der Waals surface area contributed by atoms with Crippen molar-refractivity contribution < 1.29 is 9.53 Å². The van der Waals surface area contributed by atoms with E-state index in [1.807, 2.05) is 0 Å². The first-order chi connectivity index (χ1) is 6.31. The molecule has 0 spiro atoms. The van der Waals surface area contributed by atoms with E-state index in [-0.39, 0.29) is 15.5 Å². The Kier molecular flexibility index (Phi) is 10.4. The molecule has 0 unspecified atom stereocenters. The molecular weight excluding hydrogens is 295 g/mol. The number of alkyl halides is 1. The van der Waals surface area contributed by atoms with Gasteiger partial charge in [0.1, 0.15) is 0 Å². The average Bonchev–Trinajstić information content (AvgIpc) is 2.16. The van der Waals surface area contributed by atoms with E-state index in [4.69, 9.17) is 4.74 Å². The molecule has 2 nitrogen and oxygen atoms in total. The molecule has 0 rings (SSSR count). The molecule has 0 amide bonds. The topological polar surface area (TPSA) is 26.3 Å². The minimum Gasteiger partial charge on any atom is -0.463 e. The third kappa shape index (κ3) is 10.1. The normalized spacial score (nSPS) is 10.5. The number of halogens is 1. The molecule has 0 aromatic rings. The molecule has 0 N–H and O–H groups in total. The van der Waals surface area contributed by atoms with Crippen LogP contribution in [0.25, 0.3) is 0 Å². The maximum absolute atomic E-state index is 10.6. The van der Waals surface area contributed by atoms with Crippen LogP contribution in [0.1, 0.15) is 19.3 Å². The number of hydrogen-bond donors (Lipinski definition) is 0. The van der Waals surface area contributed by atoms with Gasteiger partial charge in [0, 0.05) is 15.6 Å². The van der Waals surface area contributed by atoms with Crippen molar-refractivity contribution in [2.24, 2.45) is 0 Å². The first-order valence-electron chi connectivity index (χ1n) is 4.66. The Balaban J connectivity index is 2.99. The van der Waals surface area contributed by atoms with Gasteiger partial charge < -0.3 is 4.74 Å². The van der Waals surface area contributed by atoms with Gasteiger partial charge in [0.25, 0.3) is 0 Å². The SMILES string of the molecule is C=CC(=O)OCCCCC[SiH2]CI. The Morgan fingerprint density at radius 3 is 2.85 bits per heavy atom. The number of hydrogen-bond acceptors (Lipinski definition) is 2. The van der Waals surface area contributed by atoms with Crippen LogP contribution in [-0.2, 0) is 9.53 Å². The van der Waals surface area contributed by atoms with Crippen LogP contribution in [0, 0.1) is 0 Å². The molecule has 0 saturated heterocycles. The number of rotatable bonds is 8. The van der Waals surface area contributed by atoms with E-state index in [1.165, 1.54) is 29.0 Å². The third-order valence-corrected chi connectivity index (χ3v) is 5.24. The van der Waals surface area contributed by atoms with E-state index < -0.39 is 0 Å². The second kappa shape index (κ2) is 10.2. The lowest BCUT2D eigenvalue weighted by Crippen LogP contribution is -2.01. The van der Waals surface area contributed by atoms with Gasteiger partial charge in [0.05, 0.1) is 6.61 Å². The lowest BCUT2D eigenvalue weighted by Gasteiger charge is -2.01. The van der Waals surface area contributed by atoms with Crippen molar-refractivity contribution >= 4 is 38.1 Å². The zero-order chi connectivity index (χ0) is 9.94. The summed E-state index contributed by atoms with van der Waals surface area (Å²) in [6, 6.07) is 1.43. The van der Waals surface area contributed by atoms with Crippen LogP contribution >= 0.6 is 22.6 Å². The molecule has 13 heavy (non-hydrogen) atoms. The van der Waals surface area contributed by atoms with E-state index in [9.17, 15) is 4.79 Å². The van der Waals surface area contributed by atoms with Crippen molar-refractivity contribution in [1.82, 2.24) is 0 Å². The van der Waals surface area contributed by atoms with Crippen LogP contribution < -0.4 is 0 Å². The van der Waals surface area contributed by atoms with Gasteiger partial charge in [-0.3, -0.25) is 0 Å². The molecule has 0 heterocycles. The van der Waals surface area contributed by atoms with Gasteiger partial charge >= 0.3 is 5.97 Å². The van der Waals surface area contributed by atoms with E-state index in [1.54, 1.807) is 0 Å². The van der Waals surface area contributed by atoms with Crippen molar-refractivity contribution in [1.29, 1.82) is 0 Å². The summed E-state index contributed by atoms with van der Waals surface area (Å²) in [5.41, 5.74) is 0. The van der Waals surface area contributed by atoms with Crippen LogP contribution in [0.3, 0.4) is 0 Å². The quantitative estimate of drug-likeness (QED) is 0.171. The summed E-state index contributed by atoms with van der Waals surface area (Å²) in [6.07, 6.45) is 4.70. The summed E-state index contributed by atoms with van der Waals surface area (Å²) in [5, 5.41) is 0. The minimum atomic E-state index is -0.304. The van der Waals surface area contributed by atoms with Gasteiger partial charge in [-0.05, 0) is 10.5 Å². The van der Waals surface area contributed by atoms with Gasteiger partial charge in [-0.2, -0.15) is 0 Å². The summed E-state index contributed by atoms with van der Waals surface area (Å²) in [7, 11) is 0.230. The fourth-order valence-corrected chi connectivity index (χ4v) is 3.47. The van der Waals surface area contributed by atoms with Crippen molar-refractivity contribution in [3.8, 4) is 0 Å². The van der Waals surface area contributed by atoms with E-state index in [0.29, 0.717) is 6.61 Å². The Hall–Kier alpha value is 0.157. The second-order valence-corrected chi connectivity index (χ2v) is 7.86. The first-order valence-corrected chi connectivity index (χ1v) is 8.19. The number of unbranched alkanes of at least 4 members (excludes halogenated alkanes) is 2. The minimum absolute atomic E-state index is 0.230. The lowest BCUT2D eigenvalue weighted by molar-refractivity contribution is -0.137. The van der Waals surface area contributed by atoms with Crippen LogP contribution in [-0.4, -0.2) is 26.1 Å². The van der Waals surface area contributed by atoms with E-state index in [0.717, 1.165) is 6.42 Å². The smallest absolute Gasteiger partial charge is 0.330 e. The Bertz CT molecular complexity index is 151. The first kappa shape index (κ1) is 13.2. The number of esters is 1. The average molecular weight is 312 g/mol. The molecule has 0 aliphatic heterocycles. The zero-order valence-corrected chi connectivity index (χ0v) is 11.5. The number of carbonyl (C=O) groups is 1. The summed E-state index contributed by atoms with van der Waals surface area (Å²) >= 11 is 2.45. The molecule has 4 heteroatoms. The third-order valence-electron chi connectivity index (χ3n) is 1.69. The Morgan fingerprint density at radius 2 is 2.23 bits per heavy atom. The molecule has 0 aliphatic rings. The molecule has 0 radical (unpaired) electrons. The molecule has 0 bridgehead atoms. The fourth-order valence-electron chi connectivity index (χ4n) is 0.959. The summed E-state index contributed by atoms with van der Waals surface area (Å²) in [5.74, 6) is -0.304. The zero-order valence-electron chi connectivity index (χ0n) is 7.93. The predicted octanol–water partition coefficient (Wildman–Crippen LogP) is 1.87.